The number of amides is 2. The summed E-state index contributed by atoms with van der Waals surface area (Å²) >= 11 is 0. The molecule has 1 N–H and O–H groups in total. The Kier molecular flexibility index (Phi) is 4.89. The molecule has 0 aliphatic carbocycles. The highest BCUT2D eigenvalue weighted by Gasteiger charge is 2.27. The summed E-state index contributed by atoms with van der Waals surface area (Å²) in [4.78, 5) is 33.1. The molecule has 0 saturated carbocycles. The normalized spacial score (nSPS) is 14.2. The van der Waals surface area contributed by atoms with E-state index in [2.05, 4.69) is 15.2 Å². The number of aromatic nitrogens is 3. The van der Waals surface area contributed by atoms with Gasteiger partial charge in [0.1, 0.15) is 5.69 Å². The Balaban J connectivity index is 1.40. The number of rotatable bonds is 3. The molecule has 1 saturated heterocycles. The van der Waals surface area contributed by atoms with Crippen molar-refractivity contribution < 1.29 is 9.59 Å². The van der Waals surface area contributed by atoms with Gasteiger partial charge in [0.15, 0.2) is 0 Å². The van der Waals surface area contributed by atoms with Gasteiger partial charge >= 0.3 is 0 Å². The number of aromatic amines is 1. The third kappa shape index (κ3) is 3.51. The molecule has 7 heteroatoms. The second kappa shape index (κ2) is 7.64. The fourth-order valence-electron chi connectivity index (χ4n) is 3.37. The zero-order valence-electron chi connectivity index (χ0n) is 15.6. The van der Waals surface area contributed by atoms with Gasteiger partial charge in [-0.1, -0.05) is 18.2 Å². The molecule has 0 radical (unpaired) electrons. The van der Waals surface area contributed by atoms with Crippen molar-refractivity contribution in [1.82, 2.24) is 25.0 Å². The summed E-state index contributed by atoms with van der Waals surface area (Å²) in [5.74, 6) is -0.0810. The number of carbonyl (C=O) groups is 2. The standard InChI is InChI=1S/C21H21N5O2/c1-15-4-2-3-5-17(15)20(27)25-10-12-26(13-11-25)21(28)19-14-18(23-24-19)16-6-8-22-9-7-16/h2-9,14H,10-13H2,1H3,(H,23,24). The number of H-pyrrole nitrogens is 1. The molecule has 0 unspecified atom stereocenters. The van der Waals surface area contributed by atoms with Crippen LogP contribution < -0.4 is 0 Å². The third-order valence-corrected chi connectivity index (χ3v) is 5.01. The van der Waals surface area contributed by atoms with Crippen molar-refractivity contribution in [3.8, 4) is 11.3 Å². The van der Waals surface area contributed by atoms with Gasteiger partial charge in [-0.05, 0) is 36.8 Å². The number of benzene rings is 1. The lowest BCUT2D eigenvalue weighted by Crippen LogP contribution is -2.50. The second-order valence-corrected chi connectivity index (χ2v) is 6.80. The molecule has 2 amide bonds. The van der Waals surface area contributed by atoms with Crippen LogP contribution in [0, 0.1) is 6.92 Å². The van der Waals surface area contributed by atoms with Crippen molar-refractivity contribution >= 4 is 11.8 Å². The summed E-state index contributed by atoms with van der Waals surface area (Å²) in [6.07, 6.45) is 3.38. The van der Waals surface area contributed by atoms with Gasteiger partial charge in [0, 0.05) is 49.7 Å². The zero-order valence-corrected chi connectivity index (χ0v) is 15.6. The quantitative estimate of drug-likeness (QED) is 0.762. The number of nitrogens with zero attached hydrogens (tertiary/aromatic N) is 4. The van der Waals surface area contributed by atoms with Crippen molar-refractivity contribution in [2.75, 3.05) is 26.2 Å². The van der Waals surface area contributed by atoms with Crippen LogP contribution in [0.4, 0.5) is 0 Å². The Labute approximate surface area is 163 Å². The van der Waals surface area contributed by atoms with Crippen molar-refractivity contribution in [3.05, 3.63) is 71.7 Å². The minimum absolute atomic E-state index is 0.0201. The summed E-state index contributed by atoms with van der Waals surface area (Å²) in [6.45, 7) is 3.97. The molecule has 1 fully saturated rings. The molecule has 142 valence electrons. The van der Waals surface area contributed by atoms with Crippen LogP contribution in [0.2, 0.25) is 0 Å². The van der Waals surface area contributed by atoms with E-state index in [1.54, 1.807) is 23.4 Å². The van der Waals surface area contributed by atoms with E-state index in [4.69, 9.17) is 0 Å². The van der Waals surface area contributed by atoms with Gasteiger partial charge in [-0.15, -0.1) is 0 Å². The van der Waals surface area contributed by atoms with Crippen LogP contribution in [-0.2, 0) is 0 Å². The topological polar surface area (TPSA) is 82.2 Å². The number of hydrogen-bond donors (Lipinski definition) is 1. The van der Waals surface area contributed by atoms with Crippen molar-refractivity contribution in [2.45, 2.75) is 6.92 Å². The molecule has 3 heterocycles. The summed E-state index contributed by atoms with van der Waals surface area (Å²) in [5.41, 5.74) is 3.74. The Hall–Kier alpha value is -3.48. The smallest absolute Gasteiger partial charge is 0.272 e. The molecule has 7 nitrogen and oxygen atoms in total. The highest BCUT2D eigenvalue weighted by Crippen LogP contribution is 2.18. The average Bonchev–Trinajstić information content (AvgIpc) is 3.24. The molecule has 1 aliphatic heterocycles. The van der Waals surface area contributed by atoms with E-state index in [9.17, 15) is 9.59 Å². The average molecular weight is 375 g/mol. The molecule has 1 aliphatic rings. The fourth-order valence-corrected chi connectivity index (χ4v) is 3.37. The summed E-state index contributed by atoms with van der Waals surface area (Å²) in [6, 6.07) is 13.0. The highest BCUT2D eigenvalue weighted by atomic mass is 16.2. The van der Waals surface area contributed by atoms with Crippen LogP contribution in [0.5, 0.6) is 0 Å². The maximum Gasteiger partial charge on any atom is 0.272 e. The number of piperazine rings is 1. The van der Waals surface area contributed by atoms with Crippen LogP contribution in [-0.4, -0.2) is 63.0 Å². The van der Waals surface area contributed by atoms with E-state index in [-0.39, 0.29) is 11.8 Å². The van der Waals surface area contributed by atoms with Gasteiger partial charge in [0.05, 0.1) is 5.69 Å². The highest BCUT2D eigenvalue weighted by molar-refractivity contribution is 5.96. The van der Waals surface area contributed by atoms with Gasteiger partial charge in [-0.3, -0.25) is 19.7 Å². The number of hydrogen-bond acceptors (Lipinski definition) is 4. The van der Waals surface area contributed by atoms with Crippen LogP contribution >= 0.6 is 0 Å². The van der Waals surface area contributed by atoms with E-state index in [0.717, 1.165) is 16.7 Å². The van der Waals surface area contributed by atoms with Gasteiger partial charge < -0.3 is 9.80 Å². The number of nitrogens with one attached hydrogen (secondary N) is 1. The molecule has 28 heavy (non-hydrogen) atoms. The first kappa shape index (κ1) is 17.9. The van der Waals surface area contributed by atoms with Gasteiger partial charge in [-0.25, -0.2) is 0 Å². The maximum atomic E-state index is 12.8. The van der Waals surface area contributed by atoms with Gasteiger partial charge in [-0.2, -0.15) is 5.10 Å². The molecule has 1 aromatic carbocycles. The second-order valence-electron chi connectivity index (χ2n) is 6.80. The fraction of sp³-hybridized carbons (Fsp3) is 0.238. The Morgan fingerprint density at radius 1 is 0.929 bits per heavy atom. The number of carbonyl (C=O) groups excluding carboxylic acids is 2. The first-order chi connectivity index (χ1) is 13.6. The van der Waals surface area contributed by atoms with Crippen LogP contribution in [0.1, 0.15) is 26.4 Å². The molecule has 4 rings (SSSR count). The van der Waals surface area contributed by atoms with Crippen LogP contribution in [0.3, 0.4) is 0 Å². The lowest BCUT2D eigenvalue weighted by molar-refractivity contribution is 0.0532. The SMILES string of the molecule is Cc1ccccc1C(=O)N1CCN(C(=O)c2cc(-c3ccncc3)n[nH]2)CC1. The molecular weight excluding hydrogens is 354 g/mol. The predicted octanol–water partition coefficient (Wildman–Crippen LogP) is 2.38. The Bertz CT molecular complexity index is 991. The summed E-state index contributed by atoms with van der Waals surface area (Å²) in [7, 11) is 0. The summed E-state index contributed by atoms with van der Waals surface area (Å²) < 4.78 is 0. The van der Waals surface area contributed by atoms with Crippen molar-refractivity contribution in [3.63, 3.8) is 0 Å². The maximum absolute atomic E-state index is 12.8. The molecule has 0 atom stereocenters. The lowest BCUT2D eigenvalue weighted by Gasteiger charge is -2.34. The van der Waals surface area contributed by atoms with E-state index in [1.807, 2.05) is 48.2 Å². The van der Waals surface area contributed by atoms with E-state index in [0.29, 0.717) is 37.6 Å². The molecular formula is C21H21N5O2. The minimum atomic E-state index is -0.101. The van der Waals surface area contributed by atoms with E-state index in [1.165, 1.54) is 0 Å². The number of pyridine rings is 1. The molecule has 3 aromatic rings. The van der Waals surface area contributed by atoms with Crippen molar-refractivity contribution in [1.29, 1.82) is 0 Å². The molecule has 0 spiro atoms. The largest absolute Gasteiger partial charge is 0.335 e. The Morgan fingerprint density at radius 2 is 1.57 bits per heavy atom. The molecule has 2 aromatic heterocycles. The third-order valence-electron chi connectivity index (χ3n) is 5.01. The first-order valence-electron chi connectivity index (χ1n) is 9.23. The number of aryl methyl sites for hydroxylation is 1. The van der Waals surface area contributed by atoms with E-state index >= 15 is 0 Å². The Morgan fingerprint density at radius 3 is 2.25 bits per heavy atom. The molecule has 0 bridgehead atoms. The summed E-state index contributed by atoms with van der Waals surface area (Å²) in [5, 5.41) is 7.06. The zero-order chi connectivity index (χ0) is 19.5. The lowest BCUT2D eigenvalue weighted by atomic mass is 10.1. The minimum Gasteiger partial charge on any atom is -0.335 e. The van der Waals surface area contributed by atoms with Crippen LogP contribution in [0.15, 0.2) is 54.9 Å². The van der Waals surface area contributed by atoms with Gasteiger partial charge in [0.25, 0.3) is 11.8 Å². The first-order valence-corrected chi connectivity index (χ1v) is 9.23. The predicted molar refractivity (Wildman–Crippen MR) is 105 cm³/mol. The van der Waals surface area contributed by atoms with E-state index < -0.39 is 0 Å². The van der Waals surface area contributed by atoms with Crippen LogP contribution in [0.25, 0.3) is 11.3 Å². The van der Waals surface area contributed by atoms with Crippen molar-refractivity contribution in [2.24, 2.45) is 0 Å². The van der Waals surface area contributed by atoms with Gasteiger partial charge in [0.2, 0.25) is 0 Å². The monoisotopic (exact) mass is 375 g/mol.